The van der Waals surface area contributed by atoms with E-state index in [2.05, 4.69) is 49.7 Å². The van der Waals surface area contributed by atoms with E-state index in [9.17, 15) is 0 Å². The van der Waals surface area contributed by atoms with E-state index in [1.165, 1.54) is 24.2 Å². The number of aromatic nitrogens is 1. The van der Waals surface area contributed by atoms with Crippen LogP contribution in [0.15, 0.2) is 18.3 Å². The molecule has 0 atom stereocenters. The van der Waals surface area contributed by atoms with Crippen LogP contribution in [0.25, 0.3) is 0 Å². The van der Waals surface area contributed by atoms with Gasteiger partial charge >= 0.3 is 0 Å². The second-order valence-corrected chi connectivity index (χ2v) is 4.61. The van der Waals surface area contributed by atoms with Crippen molar-refractivity contribution in [2.45, 2.75) is 46.6 Å². The van der Waals surface area contributed by atoms with E-state index in [0.717, 1.165) is 13.1 Å². The van der Waals surface area contributed by atoms with Crippen LogP contribution in [-0.4, -0.2) is 23.0 Å². The molecule has 0 saturated heterocycles. The van der Waals surface area contributed by atoms with Crippen molar-refractivity contribution >= 4 is 0 Å². The summed E-state index contributed by atoms with van der Waals surface area (Å²) in [6, 6.07) is 4.36. The normalized spacial score (nSPS) is 11.4. The van der Waals surface area contributed by atoms with Gasteiger partial charge in [0.2, 0.25) is 0 Å². The molecule has 0 bridgehead atoms. The highest BCUT2D eigenvalue weighted by Crippen LogP contribution is 2.12. The molecule has 0 aliphatic carbocycles. The van der Waals surface area contributed by atoms with Gasteiger partial charge in [-0.15, -0.1) is 0 Å². The van der Waals surface area contributed by atoms with Crippen molar-refractivity contribution in [2.75, 3.05) is 13.1 Å². The van der Waals surface area contributed by atoms with Crippen molar-refractivity contribution in [3.8, 4) is 0 Å². The van der Waals surface area contributed by atoms with Crippen molar-refractivity contribution in [1.29, 1.82) is 0 Å². The molecule has 1 aromatic rings. The van der Waals surface area contributed by atoms with Crippen molar-refractivity contribution in [3.63, 3.8) is 0 Å². The summed E-state index contributed by atoms with van der Waals surface area (Å²) in [6.45, 7) is 12.1. The lowest BCUT2D eigenvalue weighted by Gasteiger charge is -2.19. The van der Waals surface area contributed by atoms with Crippen molar-refractivity contribution < 1.29 is 0 Å². The first-order valence-electron chi connectivity index (χ1n) is 6.34. The van der Waals surface area contributed by atoms with Gasteiger partial charge in [0, 0.05) is 18.4 Å². The van der Waals surface area contributed by atoms with E-state index in [-0.39, 0.29) is 0 Å². The SMILES string of the molecule is CCCN(CC)Cc1ccc(C(C)C)nc1. The maximum atomic E-state index is 4.50. The first-order valence-corrected chi connectivity index (χ1v) is 6.34. The molecule has 0 unspecified atom stereocenters. The summed E-state index contributed by atoms with van der Waals surface area (Å²) < 4.78 is 0. The molecule has 1 aromatic heterocycles. The fourth-order valence-electron chi connectivity index (χ4n) is 1.79. The van der Waals surface area contributed by atoms with Gasteiger partial charge in [-0.3, -0.25) is 9.88 Å². The average Bonchev–Trinajstić information content (AvgIpc) is 2.29. The van der Waals surface area contributed by atoms with E-state index < -0.39 is 0 Å². The molecular formula is C14H24N2. The summed E-state index contributed by atoms with van der Waals surface area (Å²) in [6.07, 6.45) is 3.24. The molecule has 0 spiro atoms. The lowest BCUT2D eigenvalue weighted by atomic mass is 10.1. The first-order chi connectivity index (χ1) is 7.67. The summed E-state index contributed by atoms with van der Waals surface area (Å²) in [5.74, 6) is 0.520. The van der Waals surface area contributed by atoms with E-state index in [0.29, 0.717) is 5.92 Å². The smallest absolute Gasteiger partial charge is 0.0429 e. The summed E-state index contributed by atoms with van der Waals surface area (Å²) in [5, 5.41) is 0. The zero-order valence-electron chi connectivity index (χ0n) is 11.0. The average molecular weight is 220 g/mol. The van der Waals surface area contributed by atoms with Crippen LogP contribution >= 0.6 is 0 Å². The second-order valence-electron chi connectivity index (χ2n) is 4.61. The predicted molar refractivity (Wildman–Crippen MR) is 69.6 cm³/mol. The Morgan fingerprint density at radius 2 is 2.00 bits per heavy atom. The highest BCUT2D eigenvalue weighted by Gasteiger charge is 2.04. The van der Waals surface area contributed by atoms with Gasteiger partial charge < -0.3 is 0 Å². The zero-order valence-corrected chi connectivity index (χ0v) is 11.0. The molecule has 2 nitrogen and oxygen atoms in total. The Balaban J connectivity index is 2.60. The van der Waals surface area contributed by atoms with Gasteiger partial charge in [0.15, 0.2) is 0 Å². The maximum absolute atomic E-state index is 4.50. The minimum absolute atomic E-state index is 0.520. The molecule has 0 amide bonds. The lowest BCUT2D eigenvalue weighted by molar-refractivity contribution is 0.280. The monoisotopic (exact) mass is 220 g/mol. The molecule has 16 heavy (non-hydrogen) atoms. The molecule has 0 radical (unpaired) electrons. The molecule has 0 aliphatic rings. The quantitative estimate of drug-likeness (QED) is 0.730. The Morgan fingerprint density at radius 3 is 2.44 bits per heavy atom. The summed E-state index contributed by atoms with van der Waals surface area (Å²) in [5.41, 5.74) is 2.50. The fraction of sp³-hybridized carbons (Fsp3) is 0.643. The fourth-order valence-corrected chi connectivity index (χ4v) is 1.79. The van der Waals surface area contributed by atoms with Crippen molar-refractivity contribution in [2.24, 2.45) is 0 Å². The molecule has 90 valence electrons. The highest BCUT2D eigenvalue weighted by atomic mass is 15.1. The van der Waals surface area contributed by atoms with E-state index in [4.69, 9.17) is 0 Å². The third kappa shape index (κ3) is 3.93. The Morgan fingerprint density at radius 1 is 1.25 bits per heavy atom. The van der Waals surface area contributed by atoms with Crippen LogP contribution in [0.3, 0.4) is 0 Å². The minimum atomic E-state index is 0.520. The molecule has 0 fully saturated rings. The Kier molecular flexibility index (Phi) is 5.47. The van der Waals surface area contributed by atoms with Crippen LogP contribution < -0.4 is 0 Å². The largest absolute Gasteiger partial charge is 0.299 e. The number of hydrogen-bond donors (Lipinski definition) is 0. The van der Waals surface area contributed by atoms with Crippen LogP contribution in [0.4, 0.5) is 0 Å². The standard InChI is InChI=1S/C14H24N2/c1-5-9-16(6-2)11-13-7-8-14(12(3)4)15-10-13/h7-8,10,12H,5-6,9,11H2,1-4H3. The van der Waals surface area contributed by atoms with Gasteiger partial charge in [0.05, 0.1) is 0 Å². The van der Waals surface area contributed by atoms with Crippen molar-refractivity contribution in [3.05, 3.63) is 29.6 Å². The summed E-state index contributed by atoms with van der Waals surface area (Å²) >= 11 is 0. The number of pyridine rings is 1. The third-order valence-corrected chi connectivity index (χ3v) is 2.83. The molecule has 0 N–H and O–H groups in total. The van der Waals surface area contributed by atoms with Gasteiger partial charge in [-0.05, 0) is 37.1 Å². The van der Waals surface area contributed by atoms with E-state index in [1.807, 2.05) is 6.20 Å². The molecular weight excluding hydrogens is 196 g/mol. The predicted octanol–water partition coefficient (Wildman–Crippen LogP) is 3.44. The van der Waals surface area contributed by atoms with E-state index >= 15 is 0 Å². The summed E-state index contributed by atoms with van der Waals surface area (Å²) in [7, 11) is 0. The number of hydrogen-bond acceptors (Lipinski definition) is 2. The molecule has 0 saturated carbocycles. The van der Waals surface area contributed by atoms with Crippen LogP contribution in [0, 0.1) is 0 Å². The Labute approximate surface area is 99.7 Å². The Bertz CT molecular complexity index is 290. The highest BCUT2D eigenvalue weighted by molar-refractivity contribution is 5.16. The number of rotatable bonds is 6. The minimum Gasteiger partial charge on any atom is -0.299 e. The van der Waals surface area contributed by atoms with Gasteiger partial charge in [0.1, 0.15) is 0 Å². The zero-order chi connectivity index (χ0) is 12.0. The summed E-state index contributed by atoms with van der Waals surface area (Å²) in [4.78, 5) is 6.95. The van der Waals surface area contributed by atoms with Gasteiger partial charge in [-0.2, -0.15) is 0 Å². The Hall–Kier alpha value is -0.890. The third-order valence-electron chi connectivity index (χ3n) is 2.83. The molecule has 0 aromatic carbocycles. The molecule has 1 rings (SSSR count). The maximum Gasteiger partial charge on any atom is 0.0429 e. The molecule has 0 aliphatic heterocycles. The van der Waals surface area contributed by atoms with Gasteiger partial charge in [0.25, 0.3) is 0 Å². The lowest BCUT2D eigenvalue weighted by Crippen LogP contribution is -2.23. The first kappa shape index (κ1) is 13.2. The second kappa shape index (κ2) is 6.64. The van der Waals surface area contributed by atoms with Crippen LogP contribution in [0.5, 0.6) is 0 Å². The molecule has 1 heterocycles. The molecule has 2 heteroatoms. The van der Waals surface area contributed by atoms with Gasteiger partial charge in [-0.25, -0.2) is 0 Å². The topological polar surface area (TPSA) is 16.1 Å². The number of nitrogens with zero attached hydrogens (tertiary/aromatic N) is 2. The van der Waals surface area contributed by atoms with Gasteiger partial charge in [-0.1, -0.05) is 33.8 Å². The van der Waals surface area contributed by atoms with Crippen LogP contribution in [-0.2, 0) is 6.54 Å². The van der Waals surface area contributed by atoms with Crippen molar-refractivity contribution in [1.82, 2.24) is 9.88 Å². The van der Waals surface area contributed by atoms with Crippen LogP contribution in [0.2, 0.25) is 0 Å². The van der Waals surface area contributed by atoms with E-state index in [1.54, 1.807) is 0 Å². The van der Waals surface area contributed by atoms with Crippen LogP contribution in [0.1, 0.15) is 51.3 Å².